The van der Waals surface area contributed by atoms with Gasteiger partial charge in [-0.1, -0.05) is 127 Å². The normalized spacial score (nSPS) is 12.3. The number of fused-ring (bicyclic) bond motifs is 6. The summed E-state index contributed by atoms with van der Waals surface area (Å²) in [6.07, 6.45) is 8.39. The van der Waals surface area contributed by atoms with Gasteiger partial charge in [0.05, 0.1) is 27.8 Å². The van der Waals surface area contributed by atoms with Crippen LogP contribution in [0.5, 0.6) is 0 Å². The van der Waals surface area contributed by atoms with Crippen molar-refractivity contribution >= 4 is 61.1 Å². The molecule has 2 heterocycles. The summed E-state index contributed by atoms with van der Waals surface area (Å²) < 4.78 is 4.72. The Morgan fingerprint density at radius 3 is 1.94 bits per heavy atom. The summed E-state index contributed by atoms with van der Waals surface area (Å²) in [5, 5.41) is 8.29. The maximum atomic E-state index is 5.35. The zero-order chi connectivity index (χ0) is 36.4. The Hall–Kier alpha value is -6.91. The van der Waals surface area contributed by atoms with Crippen molar-refractivity contribution in [2.45, 2.75) is 13.6 Å². The number of para-hydroxylation sites is 3. The number of anilines is 1. The second kappa shape index (κ2) is 14.3. The van der Waals surface area contributed by atoms with Gasteiger partial charge in [0.1, 0.15) is 6.67 Å². The Morgan fingerprint density at radius 1 is 0.574 bits per heavy atom. The van der Waals surface area contributed by atoms with E-state index >= 15 is 0 Å². The number of allylic oxidation sites excluding steroid dienone is 3. The number of hydrogen-bond acceptors (Lipinski definition) is 2. The maximum absolute atomic E-state index is 5.35. The Bertz CT molecular complexity index is 2890. The fraction of sp³-hybridized carbons (Fsp3) is 0.0600. The van der Waals surface area contributed by atoms with Gasteiger partial charge in [-0.3, -0.25) is 4.99 Å². The van der Waals surface area contributed by atoms with Crippen molar-refractivity contribution in [3.8, 4) is 16.8 Å². The molecule has 7 aromatic carbocycles. The van der Waals surface area contributed by atoms with E-state index in [1.807, 2.05) is 14.0 Å². The second-order valence-corrected chi connectivity index (χ2v) is 13.6. The molecule has 0 spiro atoms. The van der Waals surface area contributed by atoms with Crippen molar-refractivity contribution in [1.82, 2.24) is 9.13 Å². The predicted octanol–water partition coefficient (Wildman–Crippen LogP) is 12.7. The molecule has 0 aliphatic heterocycles. The molecule has 0 saturated heterocycles. The van der Waals surface area contributed by atoms with E-state index in [1.54, 1.807) is 0 Å². The highest BCUT2D eigenvalue weighted by atomic mass is 15.1. The van der Waals surface area contributed by atoms with Gasteiger partial charge in [-0.05, 0) is 84.3 Å². The van der Waals surface area contributed by atoms with E-state index in [2.05, 4.69) is 203 Å². The van der Waals surface area contributed by atoms with Crippen LogP contribution in [0.1, 0.15) is 23.6 Å². The van der Waals surface area contributed by atoms with Gasteiger partial charge < -0.3 is 14.5 Å². The van der Waals surface area contributed by atoms with Crippen LogP contribution < -0.4 is 5.32 Å². The summed E-state index contributed by atoms with van der Waals surface area (Å²) in [6.45, 7) is 2.53. The lowest BCUT2D eigenvalue weighted by atomic mass is 10.00. The van der Waals surface area contributed by atoms with E-state index in [4.69, 9.17) is 4.99 Å². The van der Waals surface area contributed by atoms with E-state index in [0.717, 1.165) is 33.7 Å². The summed E-state index contributed by atoms with van der Waals surface area (Å²) in [4.78, 5) is 5.35. The van der Waals surface area contributed by atoms with Crippen molar-refractivity contribution in [2.24, 2.45) is 4.99 Å². The molecule has 260 valence electrons. The van der Waals surface area contributed by atoms with Crippen LogP contribution in [0.4, 0.5) is 5.69 Å². The third-order valence-electron chi connectivity index (χ3n) is 10.4. The third kappa shape index (κ3) is 5.88. The van der Waals surface area contributed by atoms with E-state index in [-0.39, 0.29) is 0 Å². The Morgan fingerprint density at radius 2 is 1.19 bits per heavy atom. The lowest BCUT2D eigenvalue weighted by Gasteiger charge is -2.13. The maximum Gasteiger partial charge on any atom is 0.115 e. The van der Waals surface area contributed by atoms with Crippen LogP contribution in [0.2, 0.25) is 0 Å². The Kier molecular flexibility index (Phi) is 8.70. The number of rotatable bonds is 9. The number of benzene rings is 7. The molecule has 4 nitrogen and oxygen atoms in total. The van der Waals surface area contributed by atoms with Crippen LogP contribution in [0.25, 0.3) is 66.5 Å². The zero-order valence-electron chi connectivity index (χ0n) is 30.4. The van der Waals surface area contributed by atoms with Crippen LogP contribution >= 0.6 is 0 Å². The predicted molar refractivity (Wildman–Crippen MR) is 231 cm³/mol. The van der Waals surface area contributed by atoms with E-state index in [0.29, 0.717) is 6.67 Å². The van der Waals surface area contributed by atoms with Crippen LogP contribution in [-0.4, -0.2) is 21.9 Å². The SMILES string of the molecule is C/C=C\C=C/c1ccc2c(c1)c1cc(-c3ccc4c(c3)c3ccccc3n4C/N=C(/c3ccccc3)c3ccccc3NC)ccc1n2-c1ccccc1. The fourth-order valence-corrected chi connectivity index (χ4v) is 7.82. The van der Waals surface area contributed by atoms with Gasteiger partial charge in [0.25, 0.3) is 0 Å². The smallest absolute Gasteiger partial charge is 0.115 e. The Labute approximate surface area is 315 Å². The number of nitrogens with one attached hydrogen (secondary N) is 1. The van der Waals surface area contributed by atoms with Gasteiger partial charge in [0, 0.05) is 51.1 Å². The van der Waals surface area contributed by atoms with Gasteiger partial charge in [-0.2, -0.15) is 0 Å². The van der Waals surface area contributed by atoms with Crippen LogP contribution in [-0.2, 0) is 6.67 Å². The molecule has 0 radical (unpaired) electrons. The number of hydrogen-bond donors (Lipinski definition) is 1. The molecule has 1 N–H and O–H groups in total. The third-order valence-corrected chi connectivity index (χ3v) is 10.4. The summed E-state index contributed by atoms with van der Waals surface area (Å²) in [5.74, 6) is 0. The number of nitrogens with zero attached hydrogens (tertiary/aromatic N) is 3. The van der Waals surface area contributed by atoms with Gasteiger partial charge in [-0.25, -0.2) is 0 Å². The first-order chi connectivity index (χ1) is 26.7. The highest BCUT2D eigenvalue weighted by molar-refractivity contribution is 6.16. The molecule has 0 saturated carbocycles. The summed E-state index contributed by atoms with van der Waals surface area (Å²) >= 11 is 0. The van der Waals surface area contributed by atoms with Crippen molar-refractivity contribution < 1.29 is 0 Å². The average molecular weight is 697 g/mol. The first-order valence-electron chi connectivity index (χ1n) is 18.5. The minimum absolute atomic E-state index is 0.488. The molecular formula is C50H40N4. The average Bonchev–Trinajstić information content (AvgIpc) is 3.73. The first kappa shape index (κ1) is 33.0. The molecule has 0 amide bonds. The molecule has 0 aliphatic rings. The zero-order valence-corrected chi connectivity index (χ0v) is 30.4. The van der Waals surface area contributed by atoms with Crippen molar-refractivity contribution in [1.29, 1.82) is 0 Å². The molecule has 0 atom stereocenters. The molecule has 0 unspecified atom stereocenters. The largest absolute Gasteiger partial charge is 0.388 e. The topological polar surface area (TPSA) is 34.2 Å². The fourth-order valence-electron chi connectivity index (χ4n) is 7.82. The molecule has 54 heavy (non-hydrogen) atoms. The lowest BCUT2D eigenvalue weighted by molar-refractivity contribution is 0.793. The quantitative estimate of drug-likeness (QED) is 0.118. The molecule has 2 aromatic heterocycles. The monoisotopic (exact) mass is 696 g/mol. The molecule has 0 bridgehead atoms. The molecule has 9 aromatic rings. The number of aromatic nitrogens is 2. The first-order valence-corrected chi connectivity index (χ1v) is 18.5. The summed E-state index contributed by atoms with van der Waals surface area (Å²) in [7, 11) is 1.96. The van der Waals surface area contributed by atoms with Gasteiger partial charge in [-0.15, -0.1) is 0 Å². The lowest BCUT2D eigenvalue weighted by Crippen LogP contribution is -2.09. The molecule has 0 fully saturated rings. The summed E-state index contributed by atoms with van der Waals surface area (Å²) in [6, 6.07) is 58.8. The highest BCUT2D eigenvalue weighted by Crippen LogP contribution is 2.38. The molecular weight excluding hydrogens is 657 g/mol. The van der Waals surface area contributed by atoms with Gasteiger partial charge in [0.15, 0.2) is 0 Å². The molecule has 9 rings (SSSR count). The summed E-state index contributed by atoms with van der Waals surface area (Å²) in [5.41, 5.74) is 13.6. The van der Waals surface area contributed by atoms with Crippen molar-refractivity contribution in [3.63, 3.8) is 0 Å². The minimum Gasteiger partial charge on any atom is -0.388 e. The van der Waals surface area contributed by atoms with E-state index < -0.39 is 0 Å². The van der Waals surface area contributed by atoms with Crippen LogP contribution in [0.15, 0.2) is 187 Å². The molecule has 4 heteroatoms. The standard InChI is InChI=1S/C50H40N4/c1-3-4-7-16-35-25-28-48-42(31-35)44-33-38(27-30-49(44)54(48)39-19-10-6-11-20-39)37-26-29-47-43(32-37)40-21-13-15-24-46(40)53(47)34-52-50(36-17-8-5-9-18-36)41-22-12-14-23-45(41)51-2/h3-33,51H,34H2,1-2H3/b4-3-,16-7-,52-50-. The minimum atomic E-state index is 0.488. The van der Waals surface area contributed by atoms with Gasteiger partial charge >= 0.3 is 0 Å². The van der Waals surface area contributed by atoms with Crippen molar-refractivity contribution in [3.05, 3.63) is 199 Å². The highest BCUT2D eigenvalue weighted by Gasteiger charge is 2.17. The second-order valence-electron chi connectivity index (χ2n) is 13.6. The van der Waals surface area contributed by atoms with E-state index in [9.17, 15) is 0 Å². The van der Waals surface area contributed by atoms with E-state index in [1.165, 1.54) is 54.8 Å². The van der Waals surface area contributed by atoms with Crippen LogP contribution in [0, 0.1) is 0 Å². The van der Waals surface area contributed by atoms with Crippen LogP contribution in [0.3, 0.4) is 0 Å². The van der Waals surface area contributed by atoms with Crippen molar-refractivity contribution in [2.75, 3.05) is 12.4 Å². The Balaban J connectivity index is 1.18. The van der Waals surface area contributed by atoms with Gasteiger partial charge in [0.2, 0.25) is 0 Å². The molecule has 0 aliphatic carbocycles. The number of aliphatic imine (C=N–C) groups is 1.